The maximum Gasteiger partial charge on any atom is 0.269 e. The molecule has 1 aromatic rings. The molecular formula is C14H16N2O3S. The van der Waals surface area contributed by atoms with Crippen molar-refractivity contribution < 1.29 is 9.72 Å². The quantitative estimate of drug-likeness (QED) is 0.632. The van der Waals surface area contributed by atoms with Crippen molar-refractivity contribution in [2.45, 2.75) is 30.4 Å². The van der Waals surface area contributed by atoms with E-state index in [4.69, 9.17) is 0 Å². The third-order valence-corrected chi connectivity index (χ3v) is 5.18. The molecule has 2 aliphatic rings. The standard InChI is InChI=1S/C14H16N2O3S/c1-9-13(17)15(8-10-2-3-10)14(20-9)11-4-6-12(7-5-11)16(18)19/h4-7,9-10,14H,2-3,8H2,1H3/t9-,14+/m0/s1. The van der Waals surface area contributed by atoms with Crippen molar-refractivity contribution in [2.75, 3.05) is 6.54 Å². The summed E-state index contributed by atoms with van der Waals surface area (Å²) in [5.74, 6) is 0.829. The Hall–Kier alpha value is -1.56. The lowest BCUT2D eigenvalue weighted by molar-refractivity contribution is -0.384. The summed E-state index contributed by atoms with van der Waals surface area (Å²) < 4.78 is 0. The fraction of sp³-hybridized carbons (Fsp3) is 0.500. The van der Waals surface area contributed by atoms with E-state index < -0.39 is 4.92 Å². The highest BCUT2D eigenvalue weighted by atomic mass is 32.2. The van der Waals surface area contributed by atoms with Crippen molar-refractivity contribution >= 4 is 23.4 Å². The van der Waals surface area contributed by atoms with Crippen LogP contribution >= 0.6 is 11.8 Å². The lowest BCUT2D eigenvalue weighted by atomic mass is 10.1. The zero-order chi connectivity index (χ0) is 14.3. The average molecular weight is 292 g/mol. The molecule has 6 heteroatoms. The highest BCUT2D eigenvalue weighted by Gasteiger charge is 2.41. The molecule has 0 N–H and O–H groups in total. The fourth-order valence-corrected chi connectivity index (χ4v) is 3.75. The summed E-state index contributed by atoms with van der Waals surface area (Å²) in [6.07, 6.45) is 2.41. The Morgan fingerprint density at radius 2 is 2.00 bits per heavy atom. The van der Waals surface area contributed by atoms with Crippen molar-refractivity contribution in [3.05, 3.63) is 39.9 Å². The summed E-state index contributed by atoms with van der Waals surface area (Å²) in [5.41, 5.74) is 1.06. The van der Waals surface area contributed by atoms with Gasteiger partial charge in [-0.2, -0.15) is 0 Å². The molecule has 3 rings (SSSR count). The molecule has 20 heavy (non-hydrogen) atoms. The van der Waals surface area contributed by atoms with Crippen LogP contribution in [0, 0.1) is 16.0 Å². The molecule has 0 bridgehead atoms. The van der Waals surface area contributed by atoms with Crippen LogP contribution < -0.4 is 0 Å². The van der Waals surface area contributed by atoms with Crippen LogP contribution in [0.25, 0.3) is 0 Å². The van der Waals surface area contributed by atoms with Crippen LogP contribution in [-0.2, 0) is 4.79 Å². The molecule has 2 atom stereocenters. The predicted molar refractivity (Wildman–Crippen MR) is 77.3 cm³/mol. The number of benzene rings is 1. The van der Waals surface area contributed by atoms with Gasteiger partial charge in [0.05, 0.1) is 10.2 Å². The molecule has 1 saturated carbocycles. The second-order valence-corrected chi connectivity index (χ2v) is 6.84. The highest BCUT2D eigenvalue weighted by Crippen LogP contribution is 2.45. The van der Waals surface area contributed by atoms with Crippen LogP contribution in [0.5, 0.6) is 0 Å². The first-order chi connectivity index (χ1) is 9.56. The summed E-state index contributed by atoms with van der Waals surface area (Å²) in [6, 6.07) is 6.55. The molecule has 1 heterocycles. The summed E-state index contributed by atoms with van der Waals surface area (Å²) in [7, 11) is 0. The number of rotatable bonds is 4. The van der Waals surface area contributed by atoms with Gasteiger partial charge >= 0.3 is 0 Å². The van der Waals surface area contributed by atoms with Crippen LogP contribution in [0.1, 0.15) is 30.7 Å². The van der Waals surface area contributed by atoms with E-state index in [1.54, 1.807) is 23.9 Å². The molecule has 1 aromatic carbocycles. The summed E-state index contributed by atoms with van der Waals surface area (Å²) in [6.45, 7) is 2.75. The highest BCUT2D eigenvalue weighted by molar-refractivity contribution is 8.01. The number of carbonyl (C=O) groups excluding carboxylic acids is 1. The Labute approximate surface area is 121 Å². The SMILES string of the molecule is C[C@@H]1S[C@H](c2ccc([N+](=O)[O-])cc2)N(CC2CC2)C1=O. The van der Waals surface area contributed by atoms with E-state index in [1.165, 1.54) is 25.0 Å². The second kappa shape index (κ2) is 5.09. The number of non-ortho nitro benzene ring substituents is 1. The largest absolute Gasteiger partial charge is 0.325 e. The van der Waals surface area contributed by atoms with E-state index in [0.29, 0.717) is 5.92 Å². The molecule has 1 saturated heterocycles. The molecular weight excluding hydrogens is 276 g/mol. The lowest BCUT2D eigenvalue weighted by Crippen LogP contribution is -2.32. The molecule has 2 fully saturated rings. The number of nitro groups is 1. The van der Waals surface area contributed by atoms with Crippen LogP contribution in [0.2, 0.25) is 0 Å². The topological polar surface area (TPSA) is 63.5 Å². The van der Waals surface area contributed by atoms with Crippen LogP contribution in [0.15, 0.2) is 24.3 Å². The van der Waals surface area contributed by atoms with Gasteiger partial charge in [0.15, 0.2) is 0 Å². The minimum atomic E-state index is -0.401. The summed E-state index contributed by atoms with van der Waals surface area (Å²) in [4.78, 5) is 24.5. The van der Waals surface area contributed by atoms with E-state index in [9.17, 15) is 14.9 Å². The molecule has 0 unspecified atom stereocenters. The van der Waals surface area contributed by atoms with E-state index in [2.05, 4.69) is 0 Å². The third-order valence-electron chi connectivity index (χ3n) is 3.79. The van der Waals surface area contributed by atoms with Gasteiger partial charge in [-0.15, -0.1) is 11.8 Å². The lowest BCUT2D eigenvalue weighted by Gasteiger charge is -2.24. The number of nitrogens with zero attached hydrogens (tertiary/aromatic N) is 2. The number of hydrogen-bond acceptors (Lipinski definition) is 4. The van der Waals surface area contributed by atoms with Crippen LogP contribution in [0.4, 0.5) is 5.69 Å². The van der Waals surface area contributed by atoms with Crippen molar-refractivity contribution in [2.24, 2.45) is 5.92 Å². The van der Waals surface area contributed by atoms with E-state index in [0.717, 1.165) is 12.1 Å². The molecule has 1 amide bonds. The summed E-state index contributed by atoms with van der Waals surface area (Å²) in [5, 5.41) is 10.7. The van der Waals surface area contributed by atoms with E-state index in [1.807, 2.05) is 11.8 Å². The van der Waals surface area contributed by atoms with Crippen molar-refractivity contribution in [3.63, 3.8) is 0 Å². The van der Waals surface area contributed by atoms with Gasteiger partial charge in [-0.3, -0.25) is 14.9 Å². The van der Waals surface area contributed by atoms with Crippen LogP contribution in [-0.4, -0.2) is 27.5 Å². The smallest absolute Gasteiger partial charge is 0.269 e. The van der Waals surface area contributed by atoms with Crippen molar-refractivity contribution in [1.29, 1.82) is 0 Å². The van der Waals surface area contributed by atoms with Gasteiger partial charge < -0.3 is 4.90 Å². The number of hydrogen-bond donors (Lipinski definition) is 0. The predicted octanol–water partition coefficient (Wildman–Crippen LogP) is 2.97. The van der Waals surface area contributed by atoms with Crippen molar-refractivity contribution in [1.82, 2.24) is 4.90 Å². The van der Waals surface area contributed by atoms with E-state index >= 15 is 0 Å². The first-order valence-electron chi connectivity index (χ1n) is 6.76. The zero-order valence-corrected chi connectivity index (χ0v) is 12.0. The molecule has 1 aliphatic heterocycles. The molecule has 106 valence electrons. The molecule has 0 radical (unpaired) electrons. The monoisotopic (exact) mass is 292 g/mol. The van der Waals surface area contributed by atoms with Gasteiger partial charge in [0.2, 0.25) is 5.91 Å². The minimum Gasteiger partial charge on any atom is -0.325 e. The first-order valence-corrected chi connectivity index (χ1v) is 7.71. The second-order valence-electron chi connectivity index (χ2n) is 5.41. The minimum absolute atomic E-state index is 0.00101. The van der Waals surface area contributed by atoms with Gasteiger partial charge in [0, 0.05) is 18.7 Å². The molecule has 1 aliphatic carbocycles. The number of amides is 1. The Morgan fingerprint density at radius 1 is 1.35 bits per heavy atom. The van der Waals surface area contributed by atoms with Gasteiger partial charge in [-0.05, 0) is 43.4 Å². The summed E-state index contributed by atoms with van der Waals surface area (Å²) >= 11 is 1.63. The van der Waals surface area contributed by atoms with E-state index in [-0.39, 0.29) is 22.2 Å². The van der Waals surface area contributed by atoms with Crippen molar-refractivity contribution in [3.8, 4) is 0 Å². The first kappa shape index (κ1) is 13.4. The fourth-order valence-electron chi connectivity index (χ4n) is 2.46. The average Bonchev–Trinajstić information content (AvgIpc) is 3.21. The number of nitro benzene ring substituents is 1. The van der Waals surface area contributed by atoms with Gasteiger partial charge in [-0.1, -0.05) is 0 Å². The Balaban J connectivity index is 1.82. The Kier molecular flexibility index (Phi) is 3.41. The number of thioether (sulfide) groups is 1. The Bertz CT molecular complexity index is 542. The zero-order valence-electron chi connectivity index (χ0n) is 11.2. The third kappa shape index (κ3) is 2.52. The molecule has 0 aromatic heterocycles. The van der Waals surface area contributed by atoms with Crippen LogP contribution in [0.3, 0.4) is 0 Å². The maximum atomic E-state index is 12.2. The Morgan fingerprint density at radius 3 is 2.55 bits per heavy atom. The maximum absolute atomic E-state index is 12.2. The number of carbonyl (C=O) groups is 1. The molecule has 5 nitrogen and oxygen atoms in total. The van der Waals surface area contributed by atoms with Gasteiger partial charge in [0.1, 0.15) is 5.37 Å². The van der Waals surface area contributed by atoms with Gasteiger partial charge in [0.25, 0.3) is 5.69 Å². The van der Waals surface area contributed by atoms with Gasteiger partial charge in [-0.25, -0.2) is 0 Å². The normalized spacial score (nSPS) is 26.1. The molecule has 0 spiro atoms.